The summed E-state index contributed by atoms with van der Waals surface area (Å²) in [4.78, 5) is 29.7. The van der Waals surface area contributed by atoms with Crippen LogP contribution >= 0.6 is 11.3 Å². The first-order valence-corrected chi connectivity index (χ1v) is 10.7. The first-order chi connectivity index (χ1) is 14.0. The Morgan fingerprint density at radius 1 is 1.34 bits per heavy atom. The van der Waals surface area contributed by atoms with Crippen LogP contribution in [0.3, 0.4) is 0 Å². The van der Waals surface area contributed by atoms with Crippen LogP contribution in [0, 0.1) is 6.92 Å². The monoisotopic (exact) mass is 412 g/mol. The van der Waals surface area contributed by atoms with E-state index >= 15 is 0 Å². The summed E-state index contributed by atoms with van der Waals surface area (Å²) in [5.74, 6) is -0.256. The van der Waals surface area contributed by atoms with Crippen LogP contribution < -0.4 is 10.9 Å². The van der Waals surface area contributed by atoms with E-state index in [4.69, 9.17) is 4.74 Å². The van der Waals surface area contributed by atoms with E-state index in [0.29, 0.717) is 17.8 Å². The number of ether oxygens (including phenoxy) is 1. The lowest BCUT2D eigenvalue weighted by molar-refractivity contribution is -0.122. The maximum absolute atomic E-state index is 12.9. The van der Waals surface area contributed by atoms with Crippen molar-refractivity contribution in [2.24, 2.45) is 0 Å². The van der Waals surface area contributed by atoms with Crippen molar-refractivity contribution in [2.75, 3.05) is 13.2 Å². The summed E-state index contributed by atoms with van der Waals surface area (Å²) in [7, 11) is 0. The minimum Gasteiger partial charge on any atom is -0.376 e. The maximum Gasteiger partial charge on any atom is 0.294 e. The third-order valence-corrected chi connectivity index (χ3v) is 6.06. The molecule has 1 fully saturated rings. The Morgan fingerprint density at radius 2 is 2.14 bits per heavy atom. The molecule has 1 amide bonds. The van der Waals surface area contributed by atoms with Gasteiger partial charge in [0, 0.05) is 18.7 Å². The number of aromatic nitrogens is 3. The Bertz CT molecular complexity index is 1080. The van der Waals surface area contributed by atoms with E-state index in [9.17, 15) is 9.59 Å². The van der Waals surface area contributed by atoms with Crippen molar-refractivity contribution in [3.8, 4) is 11.3 Å². The number of carbonyl (C=O) groups excluding carboxylic acids is 1. The fourth-order valence-corrected chi connectivity index (χ4v) is 4.40. The lowest BCUT2D eigenvalue weighted by atomic mass is 10.1. The van der Waals surface area contributed by atoms with Gasteiger partial charge in [0.25, 0.3) is 5.56 Å². The second-order valence-corrected chi connectivity index (χ2v) is 8.41. The van der Waals surface area contributed by atoms with Crippen molar-refractivity contribution in [3.05, 3.63) is 45.2 Å². The molecule has 1 unspecified atom stereocenters. The molecule has 1 N–H and O–H groups in total. The summed E-state index contributed by atoms with van der Waals surface area (Å²) in [6.45, 7) is 5.02. The van der Waals surface area contributed by atoms with E-state index < -0.39 is 0 Å². The number of thiazole rings is 1. The topological polar surface area (TPSA) is 86.1 Å². The van der Waals surface area contributed by atoms with Gasteiger partial charge in [-0.3, -0.25) is 9.59 Å². The highest BCUT2D eigenvalue weighted by Crippen LogP contribution is 2.29. The van der Waals surface area contributed by atoms with Crippen molar-refractivity contribution in [1.82, 2.24) is 20.1 Å². The van der Waals surface area contributed by atoms with Crippen LogP contribution in [0.4, 0.5) is 0 Å². The van der Waals surface area contributed by atoms with E-state index in [0.717, 1.165) is 41.1 Å². The smallest absolute Gasteiger partial charge is 0.294 e. The first kappa shape index (κ1) is 19.7. The molecule has 8 heteroatoms. The van der Waals surface area contributed by atoms with Gasteiger partial charge in [-0.1, -0.05) is 31.2 Å². The summed E-state index contributed by atoms with van der Waals surface area (Å²) in [6.07, 6.45) is 2.97. The number of hydrogen-bond donors (Lipinski definition) is 1. The molecule has 0 bridgehead atoms. The number of amides is 1. The molecule has 152 valence electrons. The predicted molar refractivity (Wildman–Crippen MR) is 113 cm³/mol. The van der Waals surface area contributed by atoms with Crippen LogP contribution in [-0.4, -0.2) is 39.9 Å². The standard InChI is InChI=1S/C21H24N4O3S/c1-3-14-6-8-15(9-7-14)18-20-19(23-13(2)29-20)21(27)25(24-18)12-17(26)22-11-16-5-4-10-28-16/h6-9,16H,3-5,10-12H2,1-2H3,(H,22,26). The second-order valence-electron chi connectivity index (χ2n) is 7.21. The highest BCUT2D eigenvalue weighted by Gasteiger charge is 2.19. The Hall–Kier alpha value is -2.58. The summed E-state index contributed by atoms with van der Waals surface area (Å²) >= 11 is 1.45. The van der Waals surface area contributed by atoms with Gasteiger partial charge in [-0.25, -0.2) is 9.67 Å². The van der Waals surface area contributed by atoms with E-state index in [-0.39, 0.29) is 24.1 Å². The van der Waals surface area contributed by atoms with Crippen LogP contribution in [0.1, 0.15) is 30.3 Å². The number of aryl methyl sites for hydroxylation is 2. The first-order valence-electron chi connectivity index (χ1n) is 9.91. The molecule has 2 aromatic heterocycles. The molecular weight excluding hydrogens is 388 g/mol. The van der Waals surface area contributed by atoms with Gasteiger partial charge in [0.05, 0.1) is 15.8 Å². The van der Waals surface area contributed by atoms with E-state index in [1.54, 1.807) is 0 Å². The second kappa shape index (κ2) is 8.42. The van der Waals surface area contributed by atoms with Gasteiger partial charge in [0.2, 0.25) is 5.91 Å². The van der Waals surface area contributed by atoms with E-state index in [1.807, 2.05) is 19.1 Å². The zero-order valence-electron chi connectivity index (χ0n) is 16.6. The van der Waals surface area contributed by atoms with Gasteiger partial charge < -0.3 is 10.1 Å². The maximum atomic E-state index is 12.9. The molecule has 1 aromatic carbocycles. The van der Waals surface area contributed by atoms with Gasteiger partial charge in [-0.2, -0.15) is 5.10 Å². The molecule has 1 atom stereocenters. The van der Waals surface area contributed by atoms with Crippen molar-refractivity contribution < 1.29 is 9.53 Å². The number of benzene rings is 1. The van der Waals surface area contributed by atoms with Gasteiger partial charge in [-0.15, -0.1) is 11.3 Å². The Kier molecular flexibility index (Phi) is 5.73. The van der Waals surface area contributed by atoms with Crippen molar-refractivity contribution in [3.63, 3.8) is 0 Å². The molecule has 3 aromatic rings. The molecule has 7 nitrogen and oxygen atoms in total. The van der Waals surface area contributed by atoms with E-state index in [2.05, 4.69) is 34.5 Å². The molecule has 4 rings (SSSR count). The van der Waals surface area contributed by atoms with Crippen LogP contribution in [0.15, 0.2) is 29.1 Å². The highest BCUT2D eigenvalue weighted by atomic mass is 32.1. The lowest BCUT2D eigenvalue weighted by Gasteiger charge is -2.12. The summed E-state index contributed by atoms with van der Waals surface area (Å²) in [5.41, 5.74) is 2.84. The van der Waals surface area contributed by atoms with Crippen LogP contribution in [0.25, 0.3) is 21.5 Å². The quantitative estimate of drug-likeness (QED) is 0.673. The molecular formula is C21H24N4O3S. The normalized spacial score (nSPS) is 16.4. The number of hydrogen-bond acceptors (Lipinski definition) is 6. The number of carbonyl (C=O) groups is 1. The van der Waals surface area contributed by atoms with Crippen LogP contribution in [-0.2, 0) is 22.5 Å². The van der Waals surface area contributed by atoms with Crippen molar-refractivity contribution in [2.45, 2.75) is 45.8 Å². The minimum atomic E-state index is -0.342. The highest BCUT2D eigenvalue weighted by molar-refractivity contribution is 7.19. The van der Waals surface area contributed by atoms with Crippen molar-refractivity contribution in [1.29, 1.82) is 0 Å². The molecule has 0 aliphatic carbocycles. The summed E-state index contributed by atoms with van der Waals surface area (Å²) in [5, 5.41) is 8.19. The molecule has 0 saturated carbocycles. The molecule has 0 radical (unpaired) electrons. The van der Waals surface area contributed by atoms with Gasteiger partial charge >= 0.3 is 0 Å². The molecule has 1 aliphatic heterocycles. The zero-order valence-corrected chi connectivity index (χ0v) is 17.4. The number of nitrogens with one attached hydrogen (secondary N) is 1. The van der Waals surface area contributed by atoms with E-state index in [1.165, 1.54) is 21.6 Å². The number of rotatable bonds is 6. The Morgan fingerprint density at radius 3 is 2.83 bits per heavy atom. The number of fused-ring (bicyclic) bond motifs is 1. The zero-order chi connectivity index (χ0) is 20.4. The third kappa shape index (κ3) is 4.23. The van der Waals surface area contributed by atoms with Gasteiger partial charge in [0.15, 0.2) is 5.52 Å². The number of nitrogens with zero attached hydrogens (tertiary/aromatic N) is 3. The van der Waals surface area contributed by atoms with Crippen LogP contribution in [0.5, 0.6) is 0 Å². The molecule has 1 saturated heterocycles. The molecule has 29 heavy (non-hydrogen) atoms. The SMILES string of the molecule is CCc1ccc(-c2nn(CC(=O)NCC3CCCO3)c(=O)c3nc(C)sc23)cc1. The summed E-state index contributed by atoms with van der Waals surface area (Å²) in [6, 6.07) is 8.12. The lowest BCUT2D eigenvalue weighted by Crippen LogP contribution is -2.37. The van der Waals surface area contributed by atoms with Gasteiger partial charge in [0.1, 0.15) is 12.2 Å². The Balaban J connectivity index is 1.65. The fourth-order valence-electron chi connectivity index (χ4n) is 3.49. The largest absolute Gasteiger partial charge is 0.376 e. The fraction of sp³-hybridized carbons (Fsp3) is 0.429. The average Bonchev–Trinajstić information content (AvgIpc) is 3.38. The third-order valence-electron chi connectivity index (χ3n) is 5.09. The predicted octanol–water partition coefficient (Wildman–Crippen LogP) is 2.69. The van der Waals surface area contributed by atoms with Gasteiger partial charge in [-0.05, 0) is 31.7 Å². The molecule has 3 heterocycles. The molecule has 1 aliphatic rings. The van der Waals surface area contributed by atoms with Crippen LogP contribution in [0.2, 0.25) is 0 Å². The molecule has 0 spiro atoms. The van der Waals surface area contributed by atoms with Crippen molar-refractivity contribution >= 4 is 27.5 Å². The summed E-state index contributed by atoms with van der Waals surface area (Å²) < 4.78 is 7.50. The average molecular weight is 413 g/mol. The minimum absolute atomic E-state index is 0.0555. The Labute approximate surface area is 172 Å².